The van der Waals surface area contributed by atoms with Gasteiger partial charge in [-0.15, -0.1) is 5.10 Å². The Kier molecular flexibility index (Phi) is 4.62. The van der Waals surface area contributed by atoms with Gasteiger partial charge in [-0.05, 0) is 25.1 Å². The van der Waals surface area contributed by atoms with Crippen LogP contribution in [-0.2, 0) is 5.60 Å². The Labute approximate surface area is 125 Å². The Morgan fingerprint density at radius 1 is 1.36 bits per heavy atom. The van der Waals surface area contributed by atoms with Gasteiger partial charge in [0.25, 0.3) is 0 Å². The third kappa shape index (κ3) is 3.95. The highest BCUT2D eigenvalue weighted by atomic mass is 19.1. The third-order valence-electron chi connectivity index (χ3n) is 2.92. The smallest absolute Gasteiger partial charge is 0.320 e. The van der Waals surface area contributed by atoms with Gasteiger partial charge >= 0.3 is 6.03 Å². The first-order chi connectivity index (χ1) is 10.4. The summed E-state index contributed by atoms with van der Waals surface area (Å²) in [4.78, 5) is 11.7. The van der Waals surface area contributed by atoms with Crippen LogP contribution in [0.2, 0.25) is 0 Å². The van der Waals surface area contributed by atoms with Gasteiger partial charge in [-0.25, -0.2) is 13.6 Å². The zero-order valence-corrected chi connectivity index (χ0v) is 11.7. The summed E-state index contributed by atoms with van der Waals surface area (Å²) in [6.07, 6.45) is 1.45. The predicted molar refractivity (Wildman–Crippen MR) is 75.0 cm³/mol. The summed E-state index contributed by atoms with van der Waals surface area (Å²) < 4.78 is 26.5. The molecule has 0 bridgehead atoms. The number of aromatic nitrogens is 2. The van der Waals surface area contributed by atoms with Gasteiger partial charge in [-0.2, -0.15) is 5.10 Å². The maximum absolute atomic E-state index is 13.7. The number of carbonyl (C=O) groups is 1. The fourth-order valence-electron chi connectivity index (χ4n) is 1.80. The van der Waals surface area contributed by atoms with Crippen LogP contribution in [0.5, 0.6) is 0 Å². The second-order valence-corrected chi connectivity index (χ2v) is 4.81. The Morgan fingerprint density at radius 2 is 2.14 bits per heavy atom. The quantitative estimate of drug-likeness (QED) is 0.803. The van der Waals surface area contributed by atoms with Crippen molar-refractivity contribution in [2.45, 2.75) is 12.5 Å². The van der Waals surface area contributed by atoms with Crippen LogP contribution in [0.25, 0.3) is 0 Å². The summed E-state index contributed by atoms with van der Waals surface area (Å²) >= 11 is 0. The van der Waals surface area contributed by atoms with E-state index in [2.05, 4.69) is 20.8 Å². The number of carbonyl (C=O) groups excluding carboxylic acids is 1. The number of rotatable bonds is 4. The lowest BCUT2D eigenvalue weighted by Gasteiger charge is -2.24. The number of benzene rings is 1. The van der Waals surface area contributed by atoms with Crippen molar-refractivity contribution in [2.24, 2.45) is 0 Å². The number of halogens is 2. The highest BCUT2D eigenvalue weighted by Gasteiger charge is 2.27. The molecule has 1 aromatic heterocycles. The first-order valence-corrected chi connectivity index (χ1v) is 6.39. The molecule has 116 valence electrons. The Hall–Kier alpha value is -2.61. The molecule has 0 radical (unpaired) electrons. The zero-order chi connectivity index (χ0) is 16.2. The predicted octanol–water partition coefficient (Wildman–Crippen LogP) is 1.78. The monoisotopic (exact) mass is 308 g/mol. The molecule has 2 amide bonds. The maximum Gasteiger partial charge on any atom is 0.320 e. The molecule has 2 aromatic rings. The lowest BCUT2D eigenvalue weighted by atomic mass is 9.95. The minimum Gasteiger partial charge on any atom is -0.383 e. The molecule has 8 heteroatoms. The van der Waals surface area contributed by atoms with E-state index in [1.807, 2.05) is 0 Å². The van der Waals surface area contributed by atoms with Crippen molar-refractivity contribution < 1.29 is 18.7 Å². The van der Waals surface area contributed by atoms with Gasteiger partial charge in [0.2, 0.25) is 0 Å². The topological polar surface area (TPSA) is 87.1 Å². The molecule has 2 rings (SSSR count). The van der Waals surface area contributed by atoms with Crippen molar-refractivity contribution in [3.05, 3.63) is 53.7 Å². The van der Waals surface area contributed by atoms with E-state index in [1.165, 1.54) is 19.2 Å². The third-order valence-corrected chi connectivity index (χ3v) is 2.92. The Morgan fingerprint density at radius 3 is 2.77 bits per heavy atom. The molecule has 6 nitrogen and oxygen atoms in total. The van der Waals surface area contributed by atoms with Crippen LogP contribution in [0.15, 0.2) is 36.5 Å². The van der Waals surface area contributed by atoms with Gasteiger partial charge in [-0.1, -0.05) is 6.07 Å². The van der Waals surface area contributed by atoms with Crippen LogP contribution >= 0.6 is 0 Å². The molecule has 0 fully saturated rings. The standard InChI is InChI=1S/C14H14F2N4O2/c1-14(22,10-5-4-9(15)7-11(10)16)8-17-13(21)19-12-3-2-6-18-20-12/h2-7,22H,8H2,1H3,(H2,17,19,20,21). The molecule has 22 heavy (non-hydrogen) atoms. The van der Waals surface area contributed by atoms with Crippen LogP contribution in [0.1, 0.15) is 12.5 Å². The van der Waals surface area contributed by atoms with E-state index in [0.29, 0.717) is 6.07 Å². The first kappa shape index (κ1) is 15.8. The molecule has 0 saturated heterocycles. The number of anilines is 1. The van der Waals surface area contributed by atoms with E-state index in [0.717, 1.165) is 12.1 Å². The van der Waals surface area contributed by atoms with Crippen molar-refractivity contribution in [1.29, 1.82) is 0 Å². The molecular formula is C14H14F2N4O2. The Balaban J connectivity index is 1.98. The van der Waals surface area contributed by atoms with Gasteiger partial charge in [0.1, 0.15) is 17.2 Å². The lowest BCUT2D eigenvalue weighted by Crippen LogP contribution is -2.41. The maximum atomic E-state index is 13.7. The van der Waals surface area contributed by atoms with E-state index in [-0.39, 0.29) is 17.9 Å². The van der Waals surface area contributed by atoms with Crippen LogP contribution < -0.4 is 10.6 Å². The van der Waals surface area contributed by atoms with Gasteiger partial charge in [0, 0.05) is 17.8 Å². The normalized spacial score (nSPS) is 13.3. The molecule has 1 heterocycles. The van der Waals surface area contributed by atoms with Crippen molar-refractivity contribution in [3.63, 3.8) is 0 Å². The zero-order valence-electron chi connectivity index (χ0n) is 11.7. The fraction of sp³-hybridized carbons (Fsp3) is 0.214. The highest BCUT2D eigenvalue weighted by Crippen LogP contribution is 2.23. The first-order valence-electron chi connectivity index (χ1n) is 6.39. The molecular weight excluding hydrogens is 294 g/mol. The summed E-state index contributed by atoms with van der Waals surface area (Å²) in [7, 11) is 0. The minimum absolute atomic E-state index is 0.117. The van der Waals surface area contributed by atoms with Crippen LogP contribution in [0.3, 0.4) is 0 Å². The number of nitrogens with one attached hydrogen (secondary N) is 2. The minimum atomic E-state index is -1.70. The molecule has 1 atom stereocenters. The molecule has 0 aliphatic rings. The van der Waals surface area contributed by atoms with Crippen LogP contribution in [0, 0.1) is 11.6 Å². The SMILES string of the molecule is CC(O)(CNC(=O)Nc1cccnn1)c1ccc(F)cc1F. The highest BCUT2D eigenvalue weighted by molar-refractivity contribution is 5.88. The molecule has 3 N–H and O–H groups in total. The molecule has 0 saturated carbocycles. The molecule has 1 aromatic carbocycles. The average Bonchev–Trinajstić information content (AvgIpc) is 2.46. The number of amides is 2. The molecule has 1 unspecified atom stereocenters. The number of nitrogens with zero attached hydrogens (tertiary/aromatic N) is 2. The fourth-order valence-corrected chi connectivity index (χ4v) is 1.80. The summed E-state index contributed by atoms with van der Waals surface area (Å²) in [5.74, 6) is -1.40. The van der Waals surface area contributed by atoms with E-state index in [4.69, 9.17) is 0 Å². The van der Waals surface area contributed by atoms with Gasteiger partial charge in [0.15, 0.2) is 5.82 Å². The van der Waals surface area contributed by atoms with E-state index in [1.54, 1.807) is 6.07 Å². The number of hydrogen-bond donors (Lipinski definition) is 3. The van der Waals surface area contributed by atoms with E-state index in [9.17, 15) is 18.7 Å². The van der Waals surface area contributed by atoms with Crippen LogP contribution in [0.4, 0.5) is 19.4 Å². The summed E-state index contributed by atoms with van der Waals surface area (Å²) in [5, 5.41) is 22.3. The molecule has 0 aliphatic carbocycles. The van der Waals surface area contributed by atoms with Gasteiger partial charge in [0.05, 0.1) is 6.54 Å². The average molecular weight is 308 g/mol. The van der Waals surface area contributed by atoms with E-state index >= 15 is 0 Å². The summed E-state index contributed by atoms with van der Waals surface area (Å²) in [6, 6.07) is 5.32. The van der Waals surface area contributed by atoms with Crippen LogP contribution in [-0.4, -0.2) is 27.9 Å². The largest absolute Gasteiger partial charge is 0.383 e. The second-order valence-electron chi connectivity index (χ2n) is 4.81. The second kappa shape index (κ2) is 6.44. The van der Waals surface area contributed by atoms with Gasteiger partial charge in [-0.3, -0.25) is 5.32 Å². The molecule has 0 aliphatic heterocycles. The van der Waals surface area contributed by atoms with Crippen molar-refractivity contribution in [2.75, 3.05) is 11.9 Å². The Bertz CT molecular complexity index is 665. The molecule has 0 spiro atoms. The van der Waals surface area contributed by atoms with Crippen molar-refractivity contribution in [3.8, 4) is 0 Å². The number of aliphatic hydroxyl groups is 1. The summed E-state index contributed by atoms with van der Waals surface area (Å²) in [5.41, 5.74) is -1.81. The summed E-state index contributed by atoms with van der Waals surface area (Å²) in [6.45, 7) is 1.04. The number of urea groups is 1. The number of hydrogen-bond acceptors (Lipinski definition) is 4. The van der Waals surface area contributed by atoms with E-state index < -0.39 is 23.3 Å². The lowest BCUT2D eigenvalue weighted by molar-refractivity contribution is 0.0561. The van der Waals surface area contributed by atoms with Crippen molar-refractivity contribution in [1.82, 2.24) is 15.5 Å². The van der Waals surface area contributed by atoms with Crippen molar-refractivity contribution >= 4 is 11.8 Å². The van der Waals surface area contributed by atoms with Gasteiger partial charge < -0.3 is 10.4 Å².